The number of piperazine rings is 1. The minimum atomic E-state index is -0.361. The molecule has 2 heterocycles. The van der Waals surface area contributed by atoms with Crippen molar-refractivity contribution in [3.63, 3.8) is 0 Å². The molecule has 3 aromatic rings. The van der Waals surface area contributed by atoms with Crippen LogP contribution in [0, 0.1) is 19.7 Å². The number of aromatic nitrogens is 1. The lowest BCUT2D eigenvalue weighted by molar-refractivity contribution is 0.0628. The maximum atomic E-state index is 14.0. The predicted molar refractivity (Wildman–Crippen MR) is 121 cm³/mol. The van der Waals surface area contributed by atoms with Gasteiger partial charge in [-0.2, -0.15) is 0 Å². The second-order valence-electron chi connectivity index (χ2n) is 8.16. The molecule has 1 aliphatic heterocycles. The van der Waals surface area contributed by atoms with E-state index in [1.165, 1.54) is 13.2 Å². The van der Waals surface area contributed by atoms with E-state index >= 15 is 0 Å². The molecule has 1 saturated heterocycles. The molecule has 2 aromatic carbocycles. The van der Waals surface area contributed by atoms with Crippen LogP contribution in [0.15, 0.2) is 47.0 Å². The van der Waals surface area contributed by atoms with Gasteiger partial charge in [-0.05, 0) is 49.7 Å². The van der Waals surface area contributed by atoms with Crippen LogP contribution in [0.3, 0.4) is 0 Å². The molecule has 174 valence electrons. The molecule has 1 aliphatic rings. The smallest absolute Gasteiger partial charge is 0.254 e. The zero-order valence-electron chi connectivity index (χ0n) is 19.1. The standard InChI is InChI=1S/C25H28FN3O4/c1-17-22(18(2)33-27-17)16-32-21-6-4-5-20(14-21)25(30)29-11-9-28(10-12-29)15-19-7-8-24(31-3)23(26)13-19/h4-8,13-14H,9-12,15-16H2,1-3H3. The number of nitrogens with zero attached hydrogens (tertiary/aromatic N) is 3. The van der Waals surface area contributed by atoms with E-state index in [1.807, 2.05) is 36.9 Å². The van der Waals surface area contributed by atoms with Crippen molar-refractivity contribution >= 4 is 5.91 Å². The van der Waals surface area contributed by atoms with Gasteiger partial charge < -0.3 is 18.9 Å². The van der Waals surface area contributed by atoms with Crippen LogP contribution in [0.4, 0.5) is 4.39 Å². The molecule has 4 rings (SSSR count). The average Bonchev–Trinajstić information content (AvgIpc) is 3.15. The summed E-state index contributed by atoms with van der Waals surface area (Å²) in [6, 6.07) is 12.2. The second-order valence-corrected chi connectivity index (χ2v) is 8.16. The number of methoxy groups -OCH3 is 1. The highest BCUT2D eigenvalue weighted by Gasteiger charge is 2.23. The molecule has 0 atom stereocenters. The van der Waals surface area contributed by atoms with Crippen molar-refractivity contribution in [1.82, 2.24) is 15.0 Å². The third kappa shape index (κ3) is 5.34. The Labute approximate surface area is 192 Å². The molecule has 0 radical (unpaired) electrons. The van der Waals surface area contributed by atoms with E-state index in [0.717, 1.165) is 35.7 Å². The molecule has 7 nitrogen and oxygen atoms in total. The van der Waals surface area contributed by atoms with Gasteiger partial charge in [-0.25, -0.2) is 4.39 Å². The highest BCUT2D eigenvalue weighted by molar-refractivity contribution is 5.94. The molecule has 0 bridgehead atoms. The number of carbonyl (C=O) groups is 1. The van der Waals surface area contributed by atoms with Gasteiger partial charge in [0.05, 0.1) is 18.4 Å². The molecule has 0 saturated carbocycles. The predicted octanol–water partition coefficient (Wildman–Crippen LogP) is 3.98. The number of rotatable bonds is 7. The first-order chi connectivity index (χ1) is 15.9. The fourth-order valence-electron chi connectivity index (χ4n) is 3.94. The minimum Gasteiger partial charge on any atom is -0.494 e. The van der Waals surface area contributed by atoms with E-state index in [1.54, 1.807) is 18.2 Å². The summed E-state index contributed by atoms with van der Waals surface area (Å²) in [5.74, 6) is 1.22. The van der Waals surface area contributed by atoms with E-state index in [0.29, 0.717) is 37.6 Å². The van der Waals surface area contributed by atoms with Crippen molar-refractivity contribution < 1.29 is 23.2 Å². The quantitative estimate of drug-likeness (QED) is 0.539. The monoisotopic (exact) mass is 453 g/mol. The van der Waals surface area contributed by atoms with Gasteiger partial charge in [-0.15, -0.1) is 0 Å². The number of halogens is 1. The largest absolute Gasteiger partial charge is 0.494 e. The van der Waals surface area contributed by atoms with Crippen molar-refractivity contribution in [3.8, 4) is 11.5 Å². The molecule has 0 aliphatic carbocycles. The summed E-state index contributed by atoms with van der Waals surface area (Å²) in [6.45, 7) is 7.37. The van der Waals surface area contributed by atoms with Crippen LogP contribution < -0.4 is 9.47 Å². The van der Waals surface area contributed by atoms with Crippen LogP contribution in [0.1, 0.15) is 32.9 Å². The summed E-state index contributed by atoms with van der Waals surface area (Å²) in [7, 11) is 1.45. The van der Waals surface area contributed by atoms with Crippen LogP contribution in [-0.4, -0.2) is 54.2 Å². The molecular weight excluding hydrogens is 425 g/mol. The molecule has 33 heavy (non-hydrogen) atoms. The van der Waals surface area contributed by atoms with Gasteiger partial charge in [-0.3, -0.25) is 9.69 Å². The Morgan fingerprint density at radius 1 is 1.12 bits per heavy atom. The van der Waals surface area contributed by atoms with Crippen molar-refractivity contribution in [2.45, 2.75) is 27.0 Å². The first-order valence-corrected chi connectivity index (χ1v) is 10.9. The fraction of sp³-hybridized carbons (Fsp3) is 0.360. The number of carbonyl (C=O) groups excluding carboxylic acids is 1. The molecule has 0 unspecified atom stereocenters. The highest BCUT2D eigenvalue weighted by Crippen LogP contribution is 2.21. The van der Waals surface area contributed by atoms with Gasteiger partial charge in [0, 0.05) is 38.3 Å². The average molecular weight is 454 g/mol. The Morgan fingerprint density at radius 3 is 2.58 bits per heavy atom. The lowest BCUT2D eigenvalue weighted by atomic mass is 10.1. The number of ether oxygens (including phenoxy) is 2. The van der Waals surface area contributed by atoms with Crippen LogP contribution in [0.2, 0.25) is 0 Å². The maximum Gasteiger partial charge on any atom is 0.254 e. The Bertz CT molecular complexity index is 1100. The number of benzene rings is 2. The summed E-state index contributed by atoms with van der Waals surface area (Å²) < 4.78 is 30.0. The SMILES string of the molecule is COc1ccc(CN2CCN(C(=O)c3cccc(OCc4c(C)noc4C)c3)CC2)cc1F. The first-order valence-electron chi connectivity index (χ1n) is 10.9. The van der Waals surface area contributed by atoms with Crippen molar-refractivity contribution in [3.05, 3.63) is 76.4 Å². The topological polar surface area (TPSA) is 68.0 Å². The van der Waals surface area contributed by atoms with Crippen molar-refractivity contribution in [1.29, 1.82) is 0 Å². The maximum absolute atomic E-state index is 14.0. The Balaban J connectivity index is 1.32. The molecule has 1 aromatic heterocycles. The van der Waals surface area contributed by atoms with Crippen molar-refractivity contribution in [2.75, 3.05) is 33.3 Å². The van der Waals surface area contributed by atoms with Crippen LogP contribution in [0.5, 0.6) is 11.5 Å². The fourth-order valence-corrected chi connectivity index (χ4v) is 3.94. The number of hydrogen-bond donors (Lipinski definition) is 0. The van der Waals surface area contributed by atoms with E-state index in [-0.39, 0.29) is 17.5 Å². The lowest BCUT2D eigenvalue weighted by Crippen LogP contribution is -2.48. The summed E-state index contributed by atoms with van der Waals surface area (Å²) >= 11 is 0. The third-order valence-electron chi connectivity index (χ3n) is 5.93. The van der Waals surface area contributed by atoms with Crippen LogP contribution in [-0.2, 0) is 13.2 Å². The molecule has 8 heteroatoms. The molecule has 0 N–H and O–H groups in total. The zero-order chi connectivity index (χ0) is 23.4. The van der Waals surface area contributed by atoms with Gasteiger partial charge in [0.15, 0.2) is 11.6 Å². The zero-order valence-corrected chi connectivity index (χ0v) is 19.1. The van der Waals surface area contributed by atoms with E-state index in [2.05, 4.69) is 10.1 Å². The highest BCUT2D eigenvalue weighted by atomic mass is 19.1. The Hall–Kier alpha value is -3.39. The summed E-state index contributed by atoms with van der Waals surface area (Å²) in [5.41, 5.74) is 3.20. The third-order valence-corrected chi connectivity index (χ3v) is 5.93. The number of aryl methyl sites for hydroxylation is 2. The van der Waals surface area contributed by atoms with Gasteiger partial charge in [0.25, 0.3) is 5.91 Å². The van der Waals surface area contributed by atoms with Gasteiger partial charge in [-0.1, -0.05) is 17.3 Å². The molecular formula is C25H28FN3O4. The first kappa shape index (κ1) is 22.8. The molecule has 0 spiro atoms. The Kier molecular flexibility index (Phi) is 6.93. The summed E-state index contributed by atoms with van der Waals surface area (Å²) in [5, 5.41) is 3.94. The van der Waals surface area contributed by atoms with E-state index in [4.69, 9.17) is 14.0 Å². The minimum absolute atomic E-state index is 0.0204. The van der Waals surface area contributed by atoms with E-state index < -0.39 is 0 Å². The molecule has 1 fully saturated rings. The molecule has 1 amide bonds. The van der Waals surface area contributed by atoms with E-state index in [9.17, 15) is 9.18 Å². The van der Waals surface area contributed by atoms with Gasteiger partial charge in [0.1, 0.15) is 18.1 Å². The van der Waals surface area contributed by atoms with Crippen LogP contribution >= 0.6 is 0 Å². The second kappa shape index (κ2) is 10.0. The van der Waals surface area contributed by atoms with Gasteiger partial charge >= 0.3 is 0 Å². The lowest BCUT2D eigenvalue weighted by Gasteiger charge is -2.34. The normalized spacial score (nSPS) is 14.4. The van der Waals surface area contributed by atoms with Crippen LogP contribution in [0.25, 0.3) is 0 Å². The van der Waals surface area contributed by atoms with Gasteiger partial charge in [0.2, 0.25) is 0 Å². The van der Waals surface area contributed by atoms with Crippen molar-refractivity contribution in [2.24, 2.45) is 0 Å². The number of amides is 1. The summed E-state index contributed by atoms with van der Waals surface area (Å²) in [6.07, 6.45) is 0. The summed E-state index contributed by atoms with van der Waals surface area (Å²) in [4.78, 5) is 17.1. The Morgan fingerprint density at radius 2 is 1.91 bits per heavy atom. The number of hydrogen-bond acceptors (Lipinski definition) is 6.